The lowest BCUT2D eigenvalue weighted by Gasteiger charge is -1.98. The van der Waals surface area contributed by atoms with Crippen molar-refractivity contribution in [1.82, 2.24) is 19.8 Å². The number of hydrogen-bond donors (Lipinski definition) is 0. The largest absolute Gasteiger partial charge is 0.453 e. The fourth-order valence-electron chi connectivity index (χ4n) is 2.64. The van der Waals surface area contributed by atoms with Crippen LogP contribution in [0.5, 0.6) is 0 Å². The standard InChI is InChI=1S/C18H11ClN4OS2/c19-12-5-7-13(8-6-12)25-10-16-22-23-17(20-21-18(23)26-16)15-9-11-3-1-2-4-14(11)24-15/h1-9H,10H2. The third kappa shape index (κ3) is 2.88. The molecule has 0 unspecified atom stereocenters. The summed E-state index contributed by atoms with van der Waals surface area (Å²) in [4.78, 5) is 1.91. The van der Waals surface area contributed by atoms with Gasteiger partial charge < -0.3 is 4.42 Å². The van der Waals surface area contributed by atoms with E-state index in [0.29, 0.717) is 11.6 Å². The lowest BCUT2D eigenvalue weighted by molar-refractivity contribution is 0.621. The molecule has 128 valence electrons. The lowest BCUT2D eigenvalue weighted by Crippen LogP contribution is -1.90. The Morgan fingerprint density at radius 3 is 2.77 bits per heavy atom. The molecule has 26 heavy (non-hydrogen) atoms. The van der Waals surface area contributed by atoms with Crippen molar-refractivity contribution in [3.05, 3.63) is 64.6 Å². The number of benzene rings is 2. The fraction of sp³-hybridized carbons (Fsp3) is 0.0556. The minimum absolute atomic E-state index is 0.621. The van der Waals surface area contributed by atoms with E-state index in [-0.39, 0.29) is 0 Å². The van der Waals surface area contributed by atoms with Crippen LogP contribution >= 0.6 is 34.7 Å². The Hall–Kier alpha value is -2.35. The summed E-state index contributed by atoms with van der Waals surface area (Å²) in [7, 11) is 0. The van der Waals surface area contributed by atoms with Crippen LogP contribution < -0.4 is 0 Å². The molecule has 0 bridgehead atoms. The van der Waals surface area contributed by atoms with Gasteiger partial charge in [-0.3, -0.25) is 0 Å². The molecule has 5 nitrogen and oxygen atoms in total. The van der Waals surface area contributed by atoms with Crippen LogP contribution in [0.25, 0.3) is 27.5 Å². The Morgan fingerprint density at radius 2 is 1.92 bits per heavy atom. The highest BCUT2D eigenvalue weighted by Gasteiger charge is 2.17. The summed E-state index contributed by atoms with van der Waals surface area (Å²) in [5, 5.41) is 15.9. The van der Waals surface area contributed by atoms with Crippen LogP contribution in [0.4, 0.5) is 0 Å². The second-order valence-electron chi connectivity index (χ2n) is 5.60. The molecule has 5 rings (SSSR count). The van der Waals surface area contributed by atoms with E-state index >= 15 is 0 Å². The molecule has 0 saturated heterocycles. The molecule has 3 heterocycles. The van der Waals surface area contributed by atoms with Crippen molar-refractivity contribution in [2.75, 3.05) is 0 Å². The molecule has 0 aliphatic rings. The van der Waals surface area contributed by atoms with Gasteiger partial charge in [-0.05, 0) is 36.4 Å². The Kier molecular flexibility index (Phi) is 3.92. The molecule has 0 fully saturated rings. The number of nitrogens with zero attached hydrogens (tertiary/aromatic N) is 4. The summed E-state index contributed by atoms with van der Waals surface area (Å²) in [6, 6.07) is 17.6. The lowest BCUT2D eigenvalue weighted by atomic mass is 10.2. The van der Waals surface area contributed by atoms with Gasteiger partial charge in [0.2, 0.25) is 10.8 Å². The zero-order valence-corrected chi connectivity index (χ0v) is 15.7. The molecule has 0 N–H and O–H groups in total. The molecule has 2 aromatic carbocycles. The number of para-hydroxylation sites is 1. The van der Waals surface area contributed by atoms with E-state index in [1.807, 2.05) is 54.6 Å². The third-order valence-electron chi connectivity index (χ3n) is 3.85. The van der Waals surface area contributed by atoms with E-state index in [4.69, 9.17) is 16.0 Å². The highest BCUT2D eigenvalue weighted by Crippen LogP contribution is 2.30. The highest BCUT2D eigenvalue weighted by atomic mass is 35.5. The molecule has 0 spiro atoms. The predicted octanol–water partition coefficient (Wildman–Crippen LogP) is 5.54. The Balaban J connectivity index is 1.44. The fourth-order valence-corrected chi connectivity index (χ4v) is 4.48. The number of rotatable bonds is 4. The molecular formula is C18H11ClN4OS2. The van der Waals surface area contributed by atoms with Crippen LogP contribution in [0.2, 0.25) is 5.02 Å². The van der Waals surface area contributed by atoms with E-state index in [2.05, 4.69) is 15.3 Å². The van der Waals surface area contributed by atoms with Crippen molar-refractivity contribution in [1.29, 1.82) is 0 Å². The molecule has 0 saturated carbocycles. The minimum Gasteiger partial charge on any atom is -0.453 e. The van der Waals surface area contributed by atoms with Crippen molar-refractivity contribution in [3.63, 3.8) is 0 Å². The molecule has 3 aromatic heterocycles. The first-order valence-electron chi connectivity index (χ1n) is 7.85. The number of aromatic nitrogens is 4. The molecule has 0 aliphatic heterocycles. The first kappa shape index (κ1) is 15.9. The van der Waals surface area contributed by atoms with Gasteiger partial charge in [-0.2, -0.15) is 9.61 Å². The Morgan fingerprint density at radius 1 is 1.08 bits per heavy atom. The summed E-state index contributed by atoms with van der Waals surface area (Å²) in [5.41, 5.74) is 0.827. The number of halogens is 1. The van der Waals surface area contributed by atoms with Gasteiger partial charge in [-0.15, -0.1) is 22.0 Å². The van der Waals surface area contributed by atoms with E-state index in [1.165, 1.54) is 11.3 Å². The smallest absolute Gasteiger partial charge is 0.235 e. The number of fused-ring (bicyclic) bond motifs is 2. The van der Waals surface area contributed by atoms with Crippen molar-refractivity contribution >= 4 is 50.6 Å². The summed E-state index contributed by atoms with van der Waals surface area (Å²) in [6.07, 6.45) is 0. The molecule has 0 amide bonds. The van der Waals surface area contributed by atoms with Crippen LogP contribution in [-0.2, 0) is 5.75 Å². The second-order valence-corrected chi connectivity index (χ2v) is 8.13. The number of thioether (sulfide) groups is 1. The second kappa shape index (κ2) is 6.42. The summed E-state index contributed by atoms with van der Waals surface area (Å²) in [5.74, 6) is 2.05. The van der Waals surface area contributed by atoms with Gasteiger partial charge in [0.15, 0.2) is 5.76 Å². The maximum Gasteiger partial charge on any atom is 0.235 e. The van der Waals surface area contributed by atoms with E-state index in [1.54, 1.807) is 16.3 Å². The average molecular weight is 399 g/mol. The van der Waals surface area contributed by atoms with Gasteiger partial charge in [-0.25, -0.2) is 0 Å². The highest BCUT2D eigenvalue weighted by molar-refractivity contribution is 7.98. The Bertz CT molecular complexity index is 1180. The van der Waals surface area contributed by atoms with Gasteiger partial charge in [0, 0.05) is 15.3 Å². The maximum absolute atomic E-state index is 5.93. The Labute approximate surface area is 161 Å². The monoisotopic (exact) mass is 398 g/mol. The molecule has 0 radical (unpaired) electrons. The SMILES string of the molecule is Clc1ccc(SCc2nn3c(-c4cc5ccccc5o4)nnc3s2)cc1. The van der Waals surface area contributed by atoms with Gasteiger partial charge in [-0.1, -0.05) is 41.1 Å². The van der Waals surface area contributed by atoms with E-state index in [9.17, 15) is 0 Å². The molecular weight excluding hydrogens is 388 g/mol. The molecule has 5 aromatic rings. The van der Waals surface area contributed by atoms with Crippen LogP contribution in [0, 0.1) is 0 Å². The summed E-state index contributed by atoms with van der Waals surface area (Å²) in [6.45, 7) is 0. The van der Waals surface area contributed by atoms with E-state index in [0.717, 1.165) is 36.6 Å². The first-order chi connectivity index (χ1) is 12.8. The van der Waals surface area contributed by atoms with Gasteiger partial charge in [0.05, 0.1) is 5.75 Å². The normalized spacial score (nSPS) is 11.6. The van der Waals surface area contributed by atoms with Crippen molar-refractivity contribution in [2.24, 2.45) is 0 Å². The van der Waals surface area contributed by atoms with Gasteiger partial charge in [0.1, 0.15) is 10.6 Å². The van der Waals surface area contributed by atoms with Crippen molar-refractivity contribution in [3.8, 4) is 11.6 Å². The van der Waals surface area contributed by atoms with Gasteiger partial charge >= 0.3 is 0 Å². The molecule has 0 aliphatic carbocycles. The van der Waals surface area contributed by atoms with Gasteiger partial charge in [0.25, 0.3) is 0 Å². The number of furan rings is 1. The van der Waals surface area contributed by atoms with Crippen LogP contribution in [-0.4, -0.2) is 19.8 Å². The minimum atomic E-state index is 0.621. The maximum atomic E-state index is 5.93. The predicted molar refractivity (Wildman–Crippen MR) is 105 cm³/mol. The van der Waals surface area contributed by atoms with Crippen LogP contribution in [0.3, 0.4) is 0 Å². The summed E-state index contributed by atoms with van der Waals surface area (Å²) < 4.78 is 7.64. The van der Waals surface area contributed by atoms with E-state index < -0.39 is 0 Å². The quantitative estimate of drug-likeness (QED) is 0.372. The van der Waals surface area contributed by atoms with Crippen molar-refractivity contribution in [2.45, 2.75) is 10.6 Å². The molecule has 8 heteroatoms. The molecule has 0 atom stereocenters. The van der Waals surface area contributed by atoms with Crippen LogP contribution in [0.1, 0.15) is 5.01 Å². The topological polar surface area (TPSA) is 56.2 Å². The average Bonchev–Trinajstić information content (AvgIpc) is 3.34. The zero-order valence-electron chi connectivity index (χ0n) is 13.3. The van der Waals surface area contributed by atoms with Crippen LogP contribution in [0.15, 0.2) is 63.9 Å². The zero-order chi connectivity index (χ0) is 17.5. The number of hydrogen-bond acceptors (Lipinski definition) is 6. The van der Waals surface area contributed by atoms with Crippen molar-refractivity contribution < 1.29 is 4.42 Å². The first-order valence-corrected chi connectivity index (χ1v) is 10.0. The summed E-state index contributed by atoms with van der Waals surface area (Å²) >= 11 is 9.17. The third-order valence-corrected chi connectivity index (χ3v) is 6.21.